The largest absolute Gasteiger partial charge is 0.383 e. The molecule has 1 aromatic heterocycles. The van der Waals surface area contributed by atoms with E-state index < -0.39 is 23.1 Å². The van der Waals surface area contributed by atoms with E-state index in [0.717, 1.165) is 11.1 Å². The highest BCUT2D eigenvalue weighted by atomic mass is 32.1. The van der Waals surface area contributed by atoms with Gasteiger partial charge in [0.25, 0.3) is 5.91 Å². The molecular formula is C16H18F2N2O2S. The van der Waals surface area contributed by atoms with Gasteiger partial charge < -0.3 is 10.4 Å². The lowest BCUT2D eigenvalue weighted by atomic mass is 9.95. The summed E-state index contributed by atoms with van der Waals surface area (Å²) in [5.41, 5.74) is -1.73. The van der Waals surface area contributed by atoms with Gasteiger partial charge >= 0.3 is 0 Å². The Morgan fingerprint density at radius 3 is 2.70 bits per heavy atom. The highest BCUT2D eigenvalue weighted by Crippen LogP contribution is 2.24. The summed E-state index contributed by atoms with van der Waals surface area (Å²) in [6.07, 6.45) is 1.47. The zero-order valence-corrected chi connectivity index (χ0v) is 13.9. The fourth-order valence-corrected chi connectivity index (χ4v) is 2.86. The number of nitrogens with zero attached hydrogens (tertiary/aromatic N) is 1. The molecule has 23 heavy (non-hydrogen) atoms. The zero-order chi connectivity index (χ0) is 17.2. The van der Waals surface area contributed by atoms with Crippen molar-refractivity contribution in [2.24, 2.45) is 0 Å². The van der Waals surface area contributed by atoms with Crippen LogP contribution >= 0.6 is 11.3 Å². The maximum Gasteiger partial charge on any atom is 0.263 e. The Bertz CT molecular complexity index is 714. The number of nitrogens with one attached hydrogen (secondary N) is 1. The minimum absolute atomic E-state index is 0.0774. The summed E-state index contributed by atoms with van der Waals surface area (Å²) in [5.74, 6) is -1.75. The summed E-state index contributed by atoms with van der Waals surface area (Å²) >= 11 is 1.27. The van der Waals surface area contributed by atoms with Crippen molar-refractivity contribution in [1.29, 1.82) is 0 Å². The molecule has 1 amide bonds. The van der Waals surface area contributed by atoms with Crippen molar-refractivity contribution in [2.75, 3.05) is 6.54 Å². The number of aromatic nitrogens is 1. The van der Waals surface area contributed by atoms with Gasteiger partial charge in [0, 0.05) is 17.5 Å². The second kappa shape index (κ2) is 6.72. The van der Waals surface area contributed by atoms with Crippen molar-refractivity contribution in [2.45, 2.75) is 32.3 Å². The zero-order valence-electron chi connectivity index (χ0n) is 13.1. The van der Waals surface area contributed by atoms with Gasteiger partial charge in [0.05, 0.1) is 17.7 Å². The normalized spacial score (nSPS) is 13.9. The fourth-order valence-electron chi connectivity index (χ4n) is 2.02. The van der Waals surface area contributed by atoms with Crippen molar-refractivity contribution < 1.29 is 18.7 Å². The molecule has 0 saturated carbocycles. The SMILES string of the molecule is CC(C)c1ncc(C(=O)NCC(C)(O)c2ccc(F)cc2F)s1. The number of aliphatic hydroxyl groups is 1. The number of amides is 1. The molecule has 0 radical (unpaired) electrons. The molecule has 0 aliphatic heterocycles. The number of rotatable bonds is 5. The van der Waals surface area contributed by atoms with E-state index >= 15 is 0 Å². The molecular weight excluding hydrogens is 322 g/mol. The van der Waals surface area contributed by atoms with Crippen molar-refractivity contribution >= 4 is 17.2 Å². The van der Waals surface area contributed by atoms with Crippen LogP contribution in [0.2, 0.25) is 0 Å². The van der Waals surface area contributed by atoms with Crippen LogP contribution in [0, 0.1) is 11.6 Å². The Hall–Kier alpha value is -1.86. The molecule has 0 spiro atoms. The van der Waals surface area contributed by atoms with Gasteiger partial charge in [-0.15, -0.1) is 11.3 Å². The standard InChI is InChI=1S/C16H18F2N2O2S/c1-9(2)15-19-7-13(23-15)14(21)20-8-16(3,22)11-5-4-10(17)6-12(11)18/h4-7,9,22H,8H2,1-3H3,(H,20,21). The van der Waals surface area contributed by atoms with Crippen LogP contribution in [-0.4, -0.2) is 22.5 Å². The number of carbonyl (C=O) groups excluding carboxylic acids is 1. The van der Waals surface area contributed by atoms with Gasteiger partial charge in [0.2, 0.25) is 0 Å². The Morgan fingerprint density at radius 1 is 1.43 bits per heavy atom. The van der Waals surface area contributed by atoms with E-state index in [0.29, 0.717) is 10.9 Å². The first-order valence-electron chi connectivity index (χ1n) is 7.12. The number of thiazole rings is 1. The van der Waals surface area contributed by atoms with E-state index in [9.17, 15) is 18.7 Å². The predicted molar refractivity (Wildman–Crippen MR) is 84.5 cm³/mol. The average molecular weight is 340 g/mol. The first-order valence-corrected chi connectivity index (χ1v) is 7.94. The molecule has 2 rings (SSSR count). The fraction of sp³-hybridized carbons (Fsp3) is 0.375. The van der Waals surface area contributed by atoms with Crippen molar-refractivity contribution in [3.05, 3.63) is 51.5 Å². The lowest BCUT2D eigenvalue weighted by Gasteiger charge is -2.24. The first kappa shape index (κ1) is 17.5. The summed E-state index contributed by atoms with van der Waals surface area (Å²) in [6, 6.07) is 2.93. The molecule has 2 N–H and O–H groups in total. The highest BCUT2D eigenvalue weighted by Gasteiger charge is 2.28. The van der Waals surface area contributed by atoms with E-state index in [4.69, 9.17) is 0 Å². The van der Waals surface area contributed by atoms with Crippen LogP contribution in [0.15, 0.2) is 24.4 Å². The second-order valence-electron chi connectivity index (χ2n) is 5.80. The number of benzene rings is 1. The molecule has 0 aliphatic carbocycles. The maximum absolute atomic E-state index is 13.8. The quantitative estimate of drug-likeness (QED) is 0.879. The average Bonchev–Trinajstić information content (AvgIpc) is 2.94. The van der Waals surface area contributed by atoms with E-state index in [1.54, 1.807) is 0 Å². The number of hydrogen-bond acceptors (Lipinski definition) is 4. The van der Waals surface area contributed by atoms with Gasteiger partial charge in [-0.2, -0.15) is 0 Å². The summed E-state index contributed by atoms with van der Waals surface area (Å²) in [7, 11) is 0. The Morgan fingerprint density at radius 2 is 2.13 bits per heavy atom. The van der Waals surface area contributed by atoms with Crippen molar-refractivity contribution in [1.82, 2.24) is 10.3 Å². The van der Waals surface area contributed by atoms with Gasteiger partial charge in [0.15, 0.2) is 0 Å². The highest BCUT2D eigenvalue weighted by molar-refractivity contribution is 7.13. The molecule has 0 saturated heterocycles. The van der Waals surface area contributed by atoms with Gasteiger partial charge in [-0.3, -0.25) is 4.79 Å². The van der Waals surface area contributed by atoms with E-state index in [2.05, 4.69) is 10.3 Å². The Kier molecular flexibility index (Phi) is 5.11. The van der Waals surface area contributed by atoms with Gasteiger partial charge in [-0.1, -0.05) is 19.9 Å². The van der Waals surface area contributed by atoms with E-state index in [1.165, 1.54) is 30.5 Å². The summed E-state index contributed by atoms with van der Waals surface area (Å²) in [6.45, 7) is 5.10. The molecule has 0 bridgehead atoms. The lowest BCUT2D eigenvalue weighted by molar-refractivity contribution is 0.0495. The van der Waals surface area contributed by atoms with Gasteiger partial charge in [-0.05, 0) is 13.0 Å². The Labute approximate surface area is 137 Å². The topological polar surface area (TPSA) is 62.2 Å². The molecule has 1 heterocycles. The third-order valence-corrected chi connectivity index (χ3v) is 4.64. The second-order valence-corrected chi connectivity index (χ2v) is 6.86. The van der Waals surface area contributed by atoms with Crippen LogP contribution in [0.3, 0.4) is 0 Å². The van der Waals surface area contributed by atoms with Crippen LogP contribution < -0.4 is 5.32 Å². The van der Waals surface area contributed by atoms with Crippen LogP contribution in [0.25, 0.3) is 0 Å². The minimum atomic E-state index is -1.65. The summed E-state index contributed by atoms with van der Waals surface area (Å²) < 4.78 is 26.7. The monoisotopic (exact) mass is 340 g/mol. The molecule has 1 atom stereocenters. The third kappa shape index (κ3) is 4.11. The number of carbonyl (C=O) groups is 1. The predicted octanol–water partition coefficient (Wildman–Crippen LogP) is 3.18. The molecule has 0 fully saturated rings. The van der Waals surface area contributed by atoms with Crippen LogP contribution in [0.5, 0.6) is 0 Å². The summed E-state index contributed by atoms with van der Waals surface area (Å²) in [5, 5.41) is 13.7. The third-order valence-electron chi connectivity index (χ3n) is 3.35. The van der Waals surface area contributed by atoms with Crippen LogP contribution in [-0.2, 0) is 5.60 Å². The minimum Gasteiger partial charge on any atom is -0.383 e. The van der Waals surface area contributed by atoms with Crippen molar-refractivity contribution in [3.63, 3.8) is 0 Å². The first-order chi connectivity index (χ1) is 10.7. The molecule has 124 valence electrons. The van der Waals surface area contributed by atoms with E-state index in [1.807, 2.05) is 13.8 Å². The maximum atomic E-state index is 13.8. The molecule has 7 heteroatoms. The molecule has 2 aromatic rings. The van der Waals surface area contributed by atoms with Gasteiger partial charge in [0.1, 0.15) is 22.1 Å². The lowest BCUT2D eigenvalue weighted by Crippen LogP contribution is -2.39. The van der Waals surface area contributed by atoms with Crippen LogP contribution in [0.1, 0.15) is 46.9 Å². The van der Waals surface area contributed by atoms with Crippen molar-refractivity contribution in [3.8, 4) is 0 Å². The van der Waals surface area contributed by atoms with Crippen LogP contribution in [0.4, 0.5) is 8.78 Å². The molecule has 1 unspecified atom stereocenters. The van der Waals surface area contributed by atoms with Gasteiger partial charge in [-0.25, -0.2) is 13.8 Å². The number of halogens is 2. The number of hydrogen-bond donors (Lipinski definition) is 2. The summed E-state index contributed by atoms with van der Waals surface area (Å²) in [4.78, 5) is 16.7. The molecule has 1 aromatic carbocycles. The Balaban J connectivity index is 2.07. The smallest absolute Gasteiger partial charge is 0.263 e. The molecule has 4 nitrogen and oxygen atoms in total. The molecule has 0 aliphatic rings. The van der Waals surface area contributed by atoms with E-state index in [-0.39, 0.29) is 18.0 Å².